The molecule has 92 valence electrons. The van der Waals surface area contributed by atoms with Crippen molar-refractivity contribution in [3.8, 4) is 5.75 Å². The van der Waals surface area contributed by atoms with E-state index in [1.165, 1.54) is 0 Å². The Kier molecular flexibility index (Phi) is 3.09. The van der Waals surface area contributed by atoms with Crippen LogP contribution < -0.4 is 4.74 Å². The van der Waals surface area contributed by atoms with Crippen LogP contribution in [0.1, 0.15) is 43.1 Å². The first-order chi connectivity index (χ1) is 8.02. The van der Waals surface area contributed by atoms with Gasteiger partial charge in [-0.15, -0.1) is 0 Å². The van der Waals surface area contributed by atoms with Crippen LogP contribution in [-0.4, -0.2) is 18.2 Å². The van der Waals surface area contributed by atoms with Gasteiger partial charge in [-0.3, -0.25) is 0 Å². The van der Waals surface area contributed by atoms with E-state index >= 15 is 0 Å². The predicted octanol–water partition coefficient (Wildman–Crippen LogP) is 2.97. The number of hydrogen-bond donors (Lipinski definition) is 0. The van der Waals surface area contributed by atoms with Crippen molar-refractivity contribution in [2.24, 2.45) is 0 Å². The number of benzene rings is 1. The van der Waals surface area contributed by atoms with Gasteiger partial charge in [0.1, 0.15) is 11.4 Å². The van der Waals surface area contributed by atoms with Crippen molar-refractivity contribution < 1.29 is 14.3 Å². The third-order valence-electron chi connectivity index (χ3n) is 2.95. The number of fused-ring (bicyclic) bond motifs is 1. The molecule has 0 aliphatic carbocycles. The fourth-order valence-electron chi connectivity index (χ4n) is 2.00. The molecule has 1 aliphatic rings. The van der Waals surface area contributed by atoms with Crippen molar-refractivity contribution in [1.82, 2.24) is 0 Å². The molecule has 17 heavy (non-hydrogen) atoms. The highest BCUT2D eigenvalue weighted by Gasteiger charge is 2.26. The summed E-state index contributed by atoms with van der Waals surface area (Å²) in [5.41, 5.74) is 1.59. The minimum absolute atomic E-state index is 0.113. The maximum Gasteiger partial charge on any atom is 0.338 e. The molecule has 1 heterocycles. The van der Waals surface area contributed by atoms with E-state index < -0.39 is 0 Å². The number of esters is 1. The van der Waals surface area contributed by atoms with Crippen LogP contribution in [0.2, 0.25) is 0 Å². The number of aryl methyl sites for hydroxylation is 1. The molecule has 0 bridgehead atoms. The molecule has 2 rings (SSSR count). The monoisotopic (exact) mass is 234 g/mol. The van der Waals surface area contributed by atoms with Gasteiger partial charge in [0.05, 0.1) is 12.2 Å². The first-order valence-corrected chi connectivity index (χ1v) is 6.01. The first kappa shape index (κ1) is 12.0. The molecule has 3 heteroatoms. The highest BCUT2D eigenvalue weighted by Crippen LogP contribution is 2.33. The van der Waals surface area contributed by atoms with E-state index in [0.29, 0.717) is 12.2 Å². The molecule has 1 aromatic carbocycles. The minimum atomic E-state index is -0.264. The molecule has 3 nitrogen and oxygen atoms in total. The van der Waals surface area contributed by atoms with Gasteiger partial charge in [-0.1, -0.05) is 0 Å². The Balaban J connectivity index is 2.24. The molecule has 0 amide bonds. The second-order valence-corrected chi connectivity index (χ2v) is 4.90. The van der Waals surface area contributed by atoms with E-state index in [-0.39, 0.29) is 11.6 Å². The maximum atomic E-state index is 11.6. The lowest BCUT2D eigenvalue weighted by Gasteiger charge is -2.32. The van der Waals surface area contributed by atoms with Crippen molar-refractivity contribution in [3.05, 3.63) is 29.3 Å². The van der Waals surface area contributed by atoms with Crippen molar-refractivity contribution in [3.63, 3.8) is 0 Å². The van der Waals surface area contributed by atoms with Crippen LogP contribution in [0.4, 0.5) is 0 Å². The summed E-state index contributed by atoms with van der Waals surface area (Å²) < 4.78 is 10.8. The SMILES string of the molecule is CCOC(=O)c1ccc2c(c1)CCC(C)(C)O2. The summed E-state index contributed by atoms with van der Waals surface area (Å²) in [6.45, 7) is 6.37. The van der Waals surface area contributed by atoms with Gasteiger partial charge in [0, 0.05) is 0 Å². The Labute approximate surface area is 102 Å². The van der Waals surface area contributed by atoms with Crippen LogP contribution in [0, 0.1) is 0 Å². The second-order valence-electron chi connectivity index (χ2n) is 4.90. The molecule has 0 spiro atoms. The van der Waals surface area contributed by atoms with Crippen molar-refractivity contribution in [1.29, 1.82) is 0 Å². The Bertz CT molecular complexity index is 435. The molecule has 0 fully saturated rings. The summed E-state index contributed by atoms with van der Waals surface area (Å²) in [7, 11) is 0. The number of carbonyl (C=O) groups excluding carboxylic acids is 1. The molecule has 0 saturated carbocycles. The van der Waals surface area contributed by atoms with Crippen molar-refractivity contribution >= 4 is 5.97 Å². The van der Waals surface area contributed by atoms with Crippen LogP contribution in [0.25, 0.3) is 0 Å². The molecule has 1 aliphatic heterocycles. The summed E-state index contributed by atoms with van der Waals surface area (Å²) in [6, 6.07) is 5.50. The van der Waals surface area contributed by atoms with Crippen LogP contribution in [0.5, 0.6) is 5.75 Å². The normalized spacial score (nSPS) is 16.9. The topological polar surface area (TPSA) is 35.5 Å². The zero-order valence-electron chi connectivity index (χ0n) is 10.6. The van der Waals surface area contributed by atoms with Crippen LogP contribution in [-0.2, 0) is 11.2 Å². The Morgan fingerprint density at radius 3 is 2.94 bits per heavy atom. The molecule has 0 aromatic heterocycles. The zero-order valence-corrected chi connectivity index (χ0v) is 10.6. The number of ether oxygens (including phenoxy) is 2. The lowest BCUT2D eigenvalue weighted by Crippen LogP contribution is -2.32. The molecule has 1 aromatic rings. The zero-order chi connectivity index (χ0) is 12.5. The van der Waals surface area contributed by atoms with E-state index in [0.717, 1.165) is 24.2 Å². The summed E-state index contributed by atoms with van der Waals surface area (Å²) in [4.78, 5) is 11.6. The lowest BCUT2D eigenvalue weighted by atomic mass is 9.93. The maximum absolute atomic E-state index is 11.6. The quantitative estimate of drug-likeness (QED) is 0.738. The summed E-state index contributed by atoms with van der Waals surface area (Å²) >= 11 is 0. The summed E-state index contributed by atoms with van der Waals surface area (Å²) in [5, 5.41) is 0. The smallest absolute Gasteiger partial charge is 0.338 e. The van der Waals surface area contributed by atoms with E-state index in [1.807, 2.05) is 19.1 Å². The molecular weight excluding hydrogens is 216 g/mol. The van der Waals surface area contributed by atoms with E-state index in [4.69, 9.17) is 9.47 Å². The highest BCUT2D eigenvalue weighted by atomic mass is 16.5. The number of carbonyl (C=O) groups is 1. The van der Waals surface area contributed by atoms with E-state index in [1.54, 1.807) is 6.07 Å². The van der Waals surface area contributed by atoms with Crippen LogP contribution in [0.15, 0.2) is 18.2 Å². The first-order valence-electron chi connectivity index (χ1n) is 6.01. The minimum Gasteiger partial charge on any atom is -0.488 e. The summed E-state index contributed by atoms with van der Waals surface area (Å²) in [6.07, 6.45) is 1.90. The summed E-state index contributed by atoms with van der Waals surface area (Å²) in [5.74, 6) is 0.620. The highest BCUT2D eigenvalue weighted by molar-refractivity contribution is 5.89. The van der Waals surface area contributed by atoms with E-state index in [9.17, 15) is 4.79 Å². The average Bonchev–Trinajstić information content (AvgIpc) is 2.27. The molecule has 0 radical (unpaired) electrons. The van der Waals surface area contributed by atoms with Gasteiger partial charge in [0.15, 0.2) is 0 Å². The van der Waals surface area contributed by atoms with Gasteiger partial charge in [-0.05, 0) is 57.4 Å². The largest absolute Gasteiger partial charge is 0.488 e. The van der Waals surface area contributed by atoms with Crippen LogP contribution >= 0.6 is 0 Å². The molecule has 0 N–H and O–H groups in total. The third kappa shape index (κ3) is 2.60. The van der Waals surface area contributed by atoms with Crippen LogP contribution in [0.3, 0.4) is 0 Å². The van der Waals surface area contributed by atoms with Crippen molar-refractivity contribution in [2.75, 3.05) is 6.61 Å². The second kappa shape index (κ2) is 4.40. The van der Waals surface area contributed by atoms with Gasteiger partial charge >= 0.3 is 5.97 Å². The molecule has 0 saturated heterocycles. The third-order valence-corrected chi connectivity index (χ3v) is 2.95. The van der Waals surface area contributed by atoms with Gasteiger partial charge in [0.2, 0.25) is 0 Å². The number of rotatable bonds is 2. The lowest BCUT2D eigenvalue weighted by molar-refractivity contribution is 0.0525. The Hall–Kier alpha value is -1.51. The molecule has 0 unspecified atom stereocenters. The Morgan fingerprint density at radius 1 is 1.47 bits per heavy atom. The van der Waals surface area contributed by atoms with Gasteiger partial charge in [0.25, 0.3) is 0 Å². The Morgan fingerprint density at radius 2 is 2.24 bits per heavy atom. The van der Waals surface area contributed by atoms with Gasteiger partial charge in [-0.25, -0.2) is 4.79 Å². The predicted molar refractivity (Wildman–Crippen MR) is 65.4 cm³/mol. The number of hydrogen-bond acceptors (Lipinski definition) is 3. The fourth-order valence-corrected chi connectivity index (χ4v) is 2.00. The van der Waals surface area contributed by atoms with Crippen molar-refractivity contribution in [2.45, 2.75) is 39.2 Å². The molecular formula is C14H18O3. The fraction of sp³-hybridized carbons (Fsp3) is 0.500. The standard InChI is InChI=1S/C14H18O3/c1-4-16-13(15)11-5-6-12-10(9-11)7-8-14(2,3)17-12/h5-6,9H,4,7-8H2,1-3H3. The van der Waals surface area contributed by atoms with Gasteiger partial charge in [-0.2, -0.15) is 0 Å². The molecule has 0 atom stereocenters. The van der Waals surface area contributed by atoms with E-state index in [2.05, 4.69) is 13.8 Å². The van der Waals surface area contributed by atoms with Gasteiger partial charge < -0.3 is 9.47 Å². The average molecular weight is 234 g/mol.